The Morgan fingerprint density at radius 3 is 1.43 bits per heavy atom. The first kappa shape index (κ1) is 5.94. The van der Waals surface area contributed by atoms with Crippen LogP contribution in [-0.4, -0.2) is 22.2 Å². The van der Waals surface area contributed by atoms with Gasteiger partial charge in [0.25, 0.3) is 0 Å². The molecule has 0 bridgehead atoms. The Morgan fingerprint density at radius 2 is 1.43 bits per heavy atom. The Morgan fingerprint density at radius 1 is 1.14 bits per heavy atom. The fourth-order valence-electron chi connectivity index (χ4n) is 0.129. The molecule has 40 valence electrons. The molecule has 0 fully saturated rings. The van der Waals surface area contributed by atoms with Crippen LogP contribution in [0, 0.1) is 0 Å². The summed E-state index contributed by atoms with van der Waals surface area (Å²) in [5.74, 6) is -2.62. The molecule has 0 rings (SSSR count). The summed E-state index contributed by atoms with van der Waals surface area (Å²) in [7, 11) is 0. The average molecular weight is 106 g/mol. The van der Waals surface area contributed by atoms with Crippen molar-refractivity contribution in [3.63, 3.8) is 0 Å². The van der Waals surface area contributed by atoms with Crippen LogP contribution < -0.4 is 0 Å². The molecule has 0 aliphatic carbocycles. The van der Waals surface area contributed by atoms with Gasteiger partial charge >= 0.3 is 11.9 Å². The van der Waals surface area contributed by atoms with Gasteiger partial charge in [-0.25, -0.2) is 0 Å². The van der Waals surface area contributed by atoms with E-state index in [-0.39, 0.29) is 0 Å². The van der Waals surface area contributed by atoms with Gasteiger partial charge in [0.2, 0.25) is 0 Å². The summed E-state index contributed by atoms with van der Waals surface area (Å²) in [6.45, 7) is 0. The highest BCUT2D eigenvalue weighted by Crippen LogP contribution is 1.74. The zero-order chi connectivity index (χ0) is 5.86. The standard InChI is InChI=1S/C3H4O4/c4-2(5)1-3(6)7/h1H2,(H,4,5)(H,6,7)/i1+2. The van der Waals surface area contributed by atoms with Crippen molar-refractivity contribution in [3.8, 4) is 0 Å². The van der Waals surface area contributed by atoms with E-state index in [0.717, 1.165) is 0 Å². The molecule has 0 aromatic rings. The Kier molecular flexibility index (Phi) is 1.84. The van der Waals surface area contributed by atoms with Crippen LogP contribution in [0.2, 0.25) is 0 Å². The van der Waals surface area contributed by atoms with E-state index in [0.29, 0.717) is 0 Å². The second kappa shape index (κ2) is 2.17. The number of carboxylic acid groups (broad SMARTS) is 2. The van der Waals surface area contributed by atoms with Crippen LogP contribution >= 0.6 is 0 Å². The molecule has 7 heavy (non-hydrogen) atoms. The number of rotatable bonds is 2. The van der Waals surface area contributed by atoms with Crippen LogP contribution in [0.3, 0.4) is 0 Å². The normalized spacial score (nSPS) is 8.00. The lowest BCUT2D eigenvalue weighted by Gasteiger charge is -1.80. The van der Waals surface area contributed by atoms with E-state index in [1.165, 1.54) is 0 Å². The first-order valence-electron chi connectivity index (χ1n) is 1.56. The first-order valence-corrected chi connectivity index (χ1v) is 1.56. The van der Waals surface area contributed by atoms with Crippen LogP contribution in [0.25, 0.3) is 0 Å². The van der Waals surface area contributed by atoms with Crippen LogP contribution in [0.1, 0.15) is 6.42 Å². The van der Waals surface area contributed by atoms with Gasteiger partial charge in [-0.3, -0.25) is 9.59 Å². The Balaban J connectivity index is 3.32. The molecule has 4 heteroatoms. The highest BCUT2D eigenvalue weighted by atomic mass is 16.4. The van der Waals surface area contributed by atoms with E-state index in [4.69, 9.17) is 10.2 Å². The molecule has 0 aromatic heterocycles. The summed E-state index contributed by atoms with van der Waals surface area (Å²) >= 11 is 0. The topological polar surface area (TPSA) is 74.6 Å². The maximum absolute atomic E-state index is 9.43. The molecule has 0 heterocycles. The van der Waals surface area contributed by atoms with Crippen molar-refractivity contribution in [2.24, 2.45) is 0 Å². The van der Waals surface area contributed by atoms with Crippen LogP contribution in [-0.2, 0) is 9.59 Å². The first-order chi connectivity index (χ1) is 3.13. The number of hydrogen-bond donors (Lipinski definition) is 2. The van der Waals surface area contributed by atoms with Gasteiger partial charge in [-0.15, -0.1) is 0 Å². The molecular weight excluding hydrogens is 102 g/mol. The van der Waals surface area contributed by atoms with Gasteiger partial charge in [0.05, 0.1) is 0 Å². The summed E-state index contributed by atoms with van der Waals surface area (Å²) < 4.78 is 0. The summed E-state index contributed by atoms with van der Waals surface area (Å²) in [6.07, 6.45) is -0.806. The van der Waals surface area contributed by atoms with Gasteiger partial charge in [-0.1, -0.05) is 0 Å². The van der Waals surface area contributed by atoms with Gasteiger partial charge in [-0.2, -0.15) is 0 Å². The van der Waals surface area contributed by atoms with Gasteiger partial charge in [0.1, 0.15) is 6.42 Å². The zero-order valence-electron chi connectivity index (χ0n) is 3.42. The molecule has 0 saturated heterocycles. The summed E-state index contributed by atoms with van der Waals surface area (Å²) in [4.78, 5) is 18.9. The highest BCUT2D eigenvalue weighted by molar-refractivity contribution is 5.88. The minimum Gasteiger partial charge on any atom is -0.481 e. The molecule has 0 aliphatic rings. The molecule has 0 spiro atoms. The van der Waals surface area contributed by atoms with Gasteiger partial charge in [0.15, 0.2) is 0 Å². The van der Waals surface area contributed by atoms with E-state index in [1.54, 1.807) is 0 Å². The third-order valence-corrected chi connectivity index (χ3v) is 0.302. The van der Waals surface area contributed by atoms with Crippen LogP contribution in [0.5, 0.6) is 0 Å². The van der Waals surface area contributed by atoms with Crippen molar-refractivity contribution < 1.29 is 19.8 Å². The third-order valence-electron chi connectivity index (χ3n) is 0.302. The fraction of sp³-hybridized carbons (Fsp3) is 0.333. The Labute approximate surface area is 39.4 Å². The zero-order valence-corrected chi connectivity index (χ0v) is 3.42. The van der Waals surface area contributed by atoms with Gasteiger partial charge < -0.3 is 10.2 Å². The van der Waals surface area contributed by atoms with Crippen molar-refractivity contribution in [1.29, 1.82) is 0 Å². The largest absolute Gasteiger partial charge is 0.481 e. The third kappa shape index (κ3) is 4.94. The summed E-state index contributed by atoms with van der Waals surface area (Å²) in [5, 5.41) is 15.4. The average Bonchev–Trinajstić information content (AvgIpc) is 1.27. The second-order valence-corrected chi connectivity index (χ2v) is 0.964. The minimum atomic E-state index is -1.31. The molecule has 2 N–H and O–H groups in total. The number of carboxylic acids is 2. The lowest BCUT2D eigenvalue weighted by atomic mass is 11.0. The van der Waals surface area contributed by atoms with Crippen molar-refractivity contribution in [3.05, 3.63) is 0 Å². The monoisotopic (exact) mass is 106 g/mol. The van der Waals surface area contributed by atoms with Crippen molar-refractivity contribution in [2.45, 2.75) is 6.42 Å². The minimum absolute atomic E-state index is 0.806. The second-order valence-electron chi connectivity index (χ2n) is 0.964. The van der Waals surface area contributed by atoms with Crippen molar-refractivity contribution in [2.75, 3.05) is 0 Å². The van der Waals surface area contributed by atoms with E-state index in [1.807, 2.05) is 0 Å². The summed E-state index contributed by atoms with van der Waals surface area (Å²) in [6, 6.07) is 0. The van der Waals surface area contributed by atoms with Crippen molar-refractivity contribution >= 4 is 11.9 Å². The van der Waals surface area contributed by atoms with Crippen molar-refractivity contribution in [1.82, 2.24) is 0 Å². The molecule has 0 unspecified atom stereocenters. The number of aliphatic carboxylic acids is 2. The molecule has 0 atom stereocenters. The van der Waals surface area contributed by atoms with Crippen LogP contribution in [0.15, 0.2) is 0 Å². The molecule has 0 saturated carbocycles. The fourth-order valence-corrected chi connectivity index (χ4v) is 0.129. The van der Waals surface area contributed by atoms with E-state index >= 15 is 0 Å². The molecule has 0 aliphatic heterocycles. The SMILES string of the molecule is O=C(O)[14CH2]C(=O)O. The van der Waals surface area contributed by atoms with E-state index < -0.39 is 18.4 Å². The van der Waals surface area contributed by atoms with Gasteiger partial charge in [0, 0.05) is 0 Å². The van der Waals surface area contributed by atoms with E-state index in [9.17, 15) is 9.59 Å². The molecule has 0 radical (unpaired) electrons. The molecule has 4 nitrogen and oxygen atoms in total. The maximum Gasteiger partial charge on any atom is 0.314 e. The molecule has 0 amide bonds. The highest BCUT2D eigenvalue weighted by Gasteiger charge is 2.01. The quantitative estimate of drug-likeness (QED) is 0.467. The molecular formula is C3H4O4. The lowest BCUT2D eigenvalue weighted by Crippen LogP contribution is -2.03. The van der Waals surface area contributed by atoms with Crippen LogP contribution in [0.4, 0.5) is 0 Å². The van der Waals surface area contributed by atoms with Gasteiger partial charge in [-0.05, 0) is 0 Å². The predicted molar refractivity (Wildman–Crippen MR) is 19.9 cm³/mol. The van der Waals surface area contributed by atoms with E-state index in [2.05, 4.69) is 0 Å². The smallest absolute Gasteiger partial charge is 0.314 e. The summed E-state index contributed by atoms with van der Waals surface area (Å²) in [5.41, 5.74) is 0. The number of hydrogen-bond acceptors (Lipinski definition) is 2. The Hall–Kier alpha value is -1.06. The predicted octanol–water partition coefficient (Wildman–Crippen LogP) is -0.454. The molecule has 0 aromatic carbocycles. The Bertz CT molecular complexity index is 83.1. The number of carbonyl (C=O) groups is 2. The maximum atomic E-state index is 9.43. The lowest BCUT2D eigenvalue weighted by molar-refractivity contribution is -0.147.